The van der Waals surface area contributed by atoms with Gasteiger partial charge in [0.05, 0.1) is 19.8 Å². The summed E-state index contributed by atoms with van der Waals surface area (Å²) in [6.07, 6.45) is 2.01. The average Bonchev–Trinajstić information content (AvgIpc) is 3.42. The van der Waals surface area contributed by atoms with Crippen LogP contribution in [0.5, 0.6) is 0 Å². The van der Waals surface area contributed by atoms with Gasteiger partial charge in [0.2, 0.25) is 0 Å². The number of aliphatic imine (C=N–C) groups is 1. The molecule has 2 fully saturated rings. The lowest BCUT2D eigenvalue weighted by Crippen LogP contribution is -2.44. The predicted octanol–water partition coefficient (Wildman–Crippen LogP) is 1.74. The highest BCUT2D eigenvalue weighted by Crippen LogP contribution is 2.49. The van der Waals surface area contributed by atoms with Gasteiger partial charge in [-0.05, 0) is 31.4 Å². The molecule has 2 N–H and O–H groups in total. The predicted molar refractivity (Wildman–Crippen MR) is 98.6 cm³/mol. The van der Waals surface area contributed by atoms with Crippen molar-refractivity contribution < 1.29 is 9.13 Å². The lowest BCUT2D eigenvalue weighted by molar-refractivity contribution is 0.0389. The maximum Gasteiger partial charge on any atom is 0.191 e. The zero-order valence-electron chi connectivity index (χ0n) is 15.1. The van der Waals surface area contributed by atoms with E-state index in [4.69, 9.17) is 9.73 Å². The van der Waals surface area contributed by atoms with Crippen molar-refractivity contribution in [3.05, 3.63) is 35.6 Å². The summed E-state index contributed by atoms with van der Waals surface area (Å²) in [6.45, 7) is 8.95. The largest absolute Gasteiger partial charge is 0.379 e. The van der Waals surface area contributed by atoms with Gasteiger partial charge in [-0.15, -0.1) is 0 Å². The van der Waals surface area contributed by atoms with Crippen LogP contribution in [-0.4, -0.2) is 63.3 Å². The molecule has 1 heterocycles. The first-order chi connectivity index (χ1) is 12.2. The molecule has 0 atom stereocenters. The number of guanidine groups is 1. The fourth-order valence-corrected chi connectivity index (χ4v) is 3.28. The summed E-state index contributed by atoms with van der Waals surface area (Å²) in [5.74, 6) is 0.707. The summed E-state index contributed by atoms with van der Waals surface area (Å²) >= 11 is 0. The van der Waals surface area contributed by atoms with E-state index in [2.05, 4.69) is 22.5 Å². The molecule has 1 aromatic carbocycles. The molecule has 5 nitrogen and oxygen atoms in total. The molecule has 3 rings (SSSR count). The molecule has 0 spiro atoms. The third kappa shape index (κ3) is 4.92. The van der Waals surface area contributed by atoms with Gasteiger partial charge in [-0.25, -0.2) is 4.39 Å². The van der Waals surface area contributed by atoms with E-state index in [0.717, 1.165) is 70.3 Å². The highest BCUT2D eigenvalue weighted by molar-refractivity contribution is 5.79. The van der Waals surface area contributed by atoms with Crippen molar-refractivity contribution in [2.75, 3.05) is 52.5 Å². The minimum Gasteiger partial charge on any atom is -0.379 e. The molecular weight excluding hydrogens is 319 g/mol. The van der Waals surface area contributed by atoms with Gasteiger partial charge < -0.3 is 15.4 Å². The second-order valence-electron chi connectivity index (χ2n) is 6.84. The van der Waals surface area contributed by atoms with Crippen molar-refractivity contribution in [3.8, 4) is 0 Å². The highest BCUT2D eigenvalue weighted by Gasteiger charge is 2.45. The number of ether oxygens (including phenoxy) is 1. The normalized spacial score (nSPS) is 20.3. The van der Waals surface area contributed by atoms with E-state index in [1.807, 2.05) is 12.1 Å². The van der Waals surface area contributed by atoms with E-state index in [-0.39, 0.29) is 11.2 Å². The Morgan fingerprint density at radius 1 is 1.24 bits per heavy atom. The van der Waals surface area contributed by atoms with Crippen LogP contribution in [0.25, 0.3) is 0 Å². The number of halogens is 1. The third-order valence-electron chi connectivity index (χ3n) is 5.01. The first kappa shape index (κ1) is 18.1. The second kappa shape index (κ2) is 8.63. The van der Waals surface area contributed by atoms with E-state index in [9.17, 15) is 4.39 Å². The molecule has 0 bridgehead atoms. The fourth-order valence-electron chi connectivity index (χ4n) is 3.28. The minimum absolute atomic E-state index is 0.111. The van der Waals surface area contributed by atoms with Crippen molar-refractivity contribution in [1.82, 2.24) is 15.5 Å². The van der Waals surface area contributed by atoms with Crippen LogP contribution in [0.2, 0.25) is 0 Å². The average molecular weight is 348 g/mol. The van der Waals surface area contributed by atoms with Crippen LogP contribution in [0.4, 0.5) is 4.39 Å². The van der Waals surface area contributed by atoms with Crippen LogP contribution in [0, 0.1) is 5.82 Å². The van der Waals surface area contributed by atoms with Crippen LogP contribution in [0.3, 0.4) is 0 Å². The van der Waals surface area contributed by atoms with Crippen LogP contribution < -0.4 is 10.6 Å². The summed E-state index contributed by atoms with van der Waals surface area (Å²) in [7, 11) is 0. The number of rotatable bonds is 7. The highest BCUT2D eigenvalue weighted by atomic mass is 19.1. The van der Waals surface area contributed by atoms with Gasteiger partial charge in [0.1, 0.15) is 5.82 Å². The molecule has 1 saturated heterocycles. The Hall–Kier alpha value is -1.66. The van der Waals surface area contributed by atoms with Gasteiger partial charge in [-0.1, -0.05) is 18.2 Å². The molecule has 2 aliphatic rings. The van der Waals surface area contributed by atoms with E-state index >= 15 is 0 Å². The maximum atomic E-state index is 14.1. The molecule has 6 heteroatoms. The molecule has 0 amide bonds. The Balaban J connectivity index is 1.54. The maximum absolute atomic E-state index is 14.1. The van der Waals surface area contributed by atoms with E-state index in [1.54, 1.807) is 12.1 Å². The molecular formula is C19H29FN4O. The van der Waals surface area contributed by atoms with Gasteiger partial charge in [-0.2, -0.15) is 0 Å². The number of hydrogen-bond acceptors (Lipinski definition) is 3. The molecule has 0 aromatic heterocycles. The number of hydrogen-bond donors (Lipinski definition) is 2. The minimum atomic E-state index is -0.113. The number of nitrogens with zero attached hydrogens (tertiary/aromatic N) is 2. The monoisotopic (exact) mass is 348 g/mol. The van der Waals surface area contributed by atoms with Crippen molar-refractivity contribution in [2.24, 2.45) is 4.99 Å². The summed E-state index contributed by atoms with van der Waals surface area (Å²) < 4.78 is 19.5. The van der Waals surface area contributed by atoms with E-state index < -0.39 is 0 Å². The third-order valence-corrected chi connectivity index (χ3v) is 5.01. The Bertz CT molecular complexity index is 583. The van der Waals surface area contributed by atoms with Gasteiger partial charge in [-0.3, -0.25) is 9.89 Å². The first-order valence-corrected chi connectivity index (χ1v) is 9.31. The molecule has 0 unspecified atom stereocenters. The summed E-state index contributed by atoms with van der Waals surface area (Å²) in [6, 6.07) is 7.10. The number of morpholine rings is 1. The van der Waals surface area contributed by atoms with Crippen molar-refractivity contribution in [3.63, 3.8) is 0 Å². The van der Waals surface area contributed by atoms with Gasteiger partial charge in [0.15, 0.2) is 5.96 Å². The van der Waals surface area contributed by atoms with Gasteiger partial charge in [0, 0.05) is 38.1 Å². The Labute approximate surface area is 149 Å². The Morgan fingerprint density at radius 2 is 2.00 bits per heavy atom. The van der Waals surface area contributed by atoms with Gasteiger partial charge in [0.25, 0.3) is 0 Å². The molecule has 0 radical (unpaired) electrons. The van der Waals surface area contributed by atoms with E-state index in [0.29, 0.717) is 6.54 Å². The second-order valence-corrected chi connectivity index (χ2v) is 6.84. The SMILES string of the molecule is CCNC(=NCC1(c2ccccc2F)CC1)NCCN1CCOCC1. The lowest BCUT2D eigenvalue weighted by atomic mass is 9.95. The lowest BCUT2D eigenvalue weighted by Gasteiger charge is -2.26. The molecule has 1 saturated carbocycles. The Morgan fingerprint density at radius 3 is 2.68 bits per heavy atom. The number of nitrogens with one attached hydrogen (secondary N) is 2. The van der Waals surface area contributed by atoms with E-state index in [1.165, 1.54) is 0 Å². The fraction of sp³-hybridized carbons (Fsp3) is 0.632. The first-order valence-electron chi connectivity index (χ1n) is 9.31. The van der Waals surface area contributed by atoms with Crippen LogP contribution in [0.1, 0.15) is 25.3 Å². The summed E-state index contributed by atoms with van der Waals surface area (Å²) in [4.78, 5) is 7.12. The zero-order valence-corrected chi connectivity index (χ0v) is 15.1. The topological polar surface area (TPSA) is 48.9 Å². The number of benzene rings is 1. The molecule has 1 aliphatic heterocycles. The molecule has 25 heavy (non-hydrogen) atoms. The summed E-state index contributed by atoms with van der Waals surface area (Å²) in [5.41, 5.74) is 0.695. The van der Waals surface area contributed by atoms with Gasteiger partial charge >= 0.3 is 0 Å². The van der Waals surface area contributed by atoms with Crippen LogP contribution >= 0.6 is 0 Å². The Kier molecular flexibility index (Phi) is 6.26. The zero-order chi connectivity index (χ0) is 17.5. The molecule has 138 valence electrons. The molecule has 1 aromatic rings. The van der Waals surface area contributed by atoms with Crippen molar-refractivity contribution >= 4 is 5.96 Å². The molecule has 1 aliphatic carbocycles. The quantitative estimate of drug-likeness (QED) is 0.582. The van der Waals surface area contributed by atoms with Crippen LogP contribution in [-0.2, 0) is 10.2 Å². The summed E-state index contributed by atoms with van der Waals surface area (Å²) in [5, 5.41) is 6.69. The van der Waals surface area contributed by atoms with Crippen LogP contribution in [0.15, 0.2) is 29.3 Å². The standard InChI is InChI=1S/C19H29FN4O/c1-2-21-18(22-9-10-24-11-13-25-14-12-24)23-15-19(7-8-19)16-5-3-4-6-17(16)20/h3-6H,2,7-15H2,1H3,(H2,21,22,23). The van der Waals surface area contributed by atoms with Crippen molar-refractivity contribution in [2.45, 2.75) is 25.2 Å². The van der Waals surface area contributed by atoms with Crippen molar-refractivity contribution in [1.29, 1.82) is 0 Å². The smallest absolute Gasteiger partial charge is 0.191 e.